The Balaban J connectivity index is 1.91. The molecule has 6 heteroatoms. The SMILES string of the molecule is CCOC1CS(=O)C(C(=O)OC/C=C/c2ccccc2)=C(C)O1. The van der Waals surface area contributed by atoms with E-state index in [1.165, 1.54) is 0 Å². The Labute approximate surface area is 138 Å². The first-order valence-corrected chi connectivity index (χ1v) is 8.70. The third-order valence-electron chi connectivity index (χ3n) is 3.10. The van der Waals surface area contributed by atoms with Crippen LogP contribution in [0.15, 0.2) is 47.1 Å². The number of ether oxygens (including phenoxy) is 3. The lowest BCUT2D eigenvalue weighted by Gasteiger charge is -2.25. The third-order valence-corrected chi connectivity index (χ3v) is 4.59. The molecule has 0 fully saturated rings. The zero-order valence-corrected chi connectivity index (χ0v) is 14.0. The number of hydrogen-bond donors (Lipinski definition) is 0. The number of hydrogen-bond acceptors (Lipinski definition) is 5. The van der Waals surface area contributed by atoms with Gasteiger partial charge in [-0.15, -0.1) is 0 Å². The van der Waals surface area contributed by atoms with Crippen LogP contribution in [0.25, 0.3) is 6.08 Å². The van der Waals surface area contributed by atoms with E-state index in [0.29, 0.717) is 12.4 Å². The molecule has 0 spiro atoms. The van der Waals surface area contributed by atoms with Crippen molar-refractivity contribution in [1.82, 2.24) is 0 Å². The minimum Gasteiger partial charge on any atom is -0.467 e. The minimum absolute atomic E-state index is 0.0778. The van der Waals surface area contributed by atoms with Crippen LogP contribution in [0, 0.1) is 0 Å². The molecule has 0 radical (unpaired) electrons. The average Bonchev–Trinajstić information content (AvgIpc) is 2.52. The summed E-state index contributed by atoms with van der Waals surface area (Å²) in [5, 5.41) is 0. The van der Waals surface area contributed by atoms with Gasteiger partial charge < -0.3 is 14.2 Å². The fourth-order valence-corrected chi connectivity index (χ4v) is 3.29. The minimum atomic E-state index is -1.48. The van der Waals surface area contributed by atoms with Gasteiger partial charge in [0, 0.05) is 6.61 Å². The molecule has 2 atom stereocenters. The molecule has 124 valence electrons. The van der Waals surface area contributed by atoms with Crippen molar-refractivity contribution in [1.29, 1.82) is 0 Å². The van der Waals surface area contributed by atoms with Gasteiger partial charge in [-0.25, -0.2) is 4.79 Å². The number of esters is 1. The van der Waals surface area contributed by atoms with Crippen molar-refractivity contribution in [2.45, 2.75) is 20.1 Å². The number of rotatable bonds is 6. The van der Waals surface area contributed by atoms with E-state index in [0.717, 1.165) is 5.56 Å². The normalized spacial score (nSPS) is 21.3. The first-order chi connectivity index (χ1) is 11.1. The topological polar surface area (TPSA) is 61.8 Å². The Morgan fingerprint density at radius 2 is 2.13 bits per heavy atom. The van der Waals surface area contributed by atoms with Crippen molar-refractivity contribution in [3.05, 3.63) is 52.6 Å². The Morgan fingerprint density at radius 3 is 2.78 bits per heavy atom. The zero-order valence-electron chi connectivity index (χ0n) is 13.2. The monoisotopic (exact) mass is 336 g/mol. The summed E-state index contributed by atoms with van der Waals surface area (Å²) >= 11 is 0. The summed E-state index contributed by atoms with van der Waals surface area (Å²) in [6.45, 7) is 3.99. The van der Waals surface area contributed by atoms with Gasteiger partial charge in [0.2, 0.25) is 6.29 Å². The summed E-state index contributed by atoms with van der Waals surface area (Å²) in [4.78, 5) is 12.1. The summed E-state index contributed by atoms with van der Waals surface area (Å²) in [5.74, 6) is -0.186. The van der Waals surface area contributed by atoms with Crippen LogP contribution in [0.2, 0.25) is 0 Å². The molecule has 2 unspecified atom stereocenters. The molecule has 1 aromatic carbocycles. The van der Waals surface area contributed by atoms with Gasteiger partial charge in [-0.2, -0.15) is 0 Å². The highest BCUT2D eigenvalue weighted by molar-refractivity contribution is 7.90. The molecule has 5 nitrogen and oxygen atoms in total. The van der Waals surface area contributed by atoms with Crippen molar-refractivity contribution in [3.8, 4) is 0 Å². The summed E-state index contributed by atoms with van der Waals surface area (Å²) in [6, 6.07) is 9.68. The van der Waals surface area contributed by atoms with E-state index in [-0.39, 0.29) is 17.3 Å². The Morgan fingerprint density at radius 1 is 1.39 bits per heavy atom. The highest BCUT2D eigenvalue weighted by Crippen LogP contribution is 2.22. The first kappa shape index (κ1) is 17.4. The van der Waals surface area contributed by atoms with Gasteiger partial charge >= 0.3 is 5.97 Å². The van der Waals surface area contributed by atoms with Crippen molar-refractivity contribution >= 4 is 22.8 Å². The van der Waals surface area contributed by atoms with Crippen LogP contribution < -0.4 is 0 Å². The molecular formula is C17H20O5S. The van der Waals surface area contributed by atoms with Crippen LogP contribution in [-0.4, -0.2) is 35.4 Å². The van der Waals surface area contributed by atoms with Gasteiger partial charge in [-0.3, -0.25) is 4.21 Å². The van der Waals surface area contributed by atoms with Gasteiger partial charge in [0.05, 0.1) is 16.6 Å². The predicted octanol–water partition coefficient (Wildman–Crippen LogP) is 2.62. The number of allylic oxidation sites excluding steroid dienone is 1. The van der Waals surface area contributed by atoms with Crippen molar-refractivity contribution in [2.75, 3.05) is 19.0 Å². The molecule has 0 amide bonds. The van der Waals surface area contributed by atoms with Crippen LogP contribution in [0.3, 0.4) is 0 Å². The summed E-state index contributed by atoms with van der Waals surface area (Å²) in [6.07, 6.45) is 3.02. The second kappa shape index (κ2) is 8.64. The summed E-state index contributed by atoms with van der Waals surface area (Å²) in [5.41, 5.74) is 1.02. The fourth-order valence-electron chi connectivity index (χ4n) is 2.09. The molecule has 1 aromatic rings. The highest BCUT2D eigenvalue weighted by atomic mass is 32.2. The van der Waals surface area contributed by atoms with Gasteiger partial charge in [-0.1, -0.05) is 36.4 Å². The van der Waals surface area contributed by atoms with Gasteiger partial charge in [0.15, 0.2) is 4.91 Å². The molecule has 0 aliphatic carbocycles. The second-order valence-corrected chi connectivity index (χ2v) is 6.24. The molecule has 1 aliphatic rings. The number of carbonyl (C=O) groups is 1. The molecule has 0 N–H and O–H groups in total. The van der Waals surface area contributed by atoms with E-state index in [2.05, 4.69) is 0 Å². The van der Waals surface area contributed by atoms with Gasteiger partial charge in [0.1, 0.15) is 12.4 Å². The molecule has 1 heterocycles. The van der Waals surface area contributed by atoms with E-state index in [1.54, 1.807) is 13.0 Å². The molecule has 23 heavy (non-hydrogen) atoms. The van der Waals surface area contributed by atoms with E-state index >= 15 is 0 Å². The van der Waals surface area contributed by atoms with E-state index in [9.17, 15) is 9.00 Å². The number of benzene rings is 1. The van der Waals surface area contributed by atoms with Crippen molar-refractivity contribution < 1.29 is 23.2 Å². The molecule has 2 rings (SSSR count). The quantitative estimate of drug-likeness (QED) is 0.747. The van der Waals surface area contributed by atoms with Crippen molar-refractivity contribution in [3.63, 3.8) is 0 Å². The molecule has 0 saturated carbocycles. The highest BCUT2D eigenvalue weighted by Gasteiger charge is 2.31. The molecule has 0 aromatic heterocycles. The smallest absolute Gasteiger partial charge is 0.351 e. The maximum Gasteiger partial charge on any atom is 0.351 e. The van der Waals surface area contributed by atoms with E-state index in [4.69, 9.17) is 14.2 Å². The second-order valence-electron chi connectivity index (χ2n) is 4.81. The molecular weight excluding hydrogens is 316 g/mol. The molecule has 0 saturated heterocycles. The third kappa shape index (κ3) is 5.04. The summed E-state index contributed by atoms with van der Waals surface area (Å²) in [7, 11) is -1.48. The lowest BCUT2D eigenvalue weighted by atomic mass is 10.2. The van der Waals surface area contributed by atoms with Gasteiger partial charge in [-0.05, 0) is 25.5 Å². The van der Waals surface area contributed by atoms with Crippen LogP contribution in [0.5, 0.6) is 0 Å². The van der Waals surface area contributed by atoms with Crippen LogP contribution in [0.4, 0.5) is 0 Å². The van der Waals surface area contributed by atoms with E-state index < -0.39 is 23.1 Å². The zero-order chi connectivity index (χ0) is 16.7. The van der Waals surface area contributed by atoms with E-state index in [1.807, 2.05) is 43.3 Å². The first-order valence-electron chi connectivity index (χ1n) is 7.38. The van der Waals surface area contributed by atoms with Crippen LogP contribution in [-0.2, 0) is 29.8 Å². The molecule has 0 bridgehead atoms. The standard InChI is InChI=1S/C17H20O5S/c1-3-20-15-12-23(19)16(13(2)22-15)17(18)21-11-7-10-14-8-5-4-6-9-14/h4-10,15H,3,11-12H2,1-2H3/b10-7+. The van der Waals surface area contributed by atoms with Gasteiger partial charge in [0.25, 0.3) is 0 Å². The Hall–Kier alpha value is -1.92. The fraction of sp³-hybridized carbons (Fsp3) is 0.353. The lowest BCUT2D eigenvalue weighted by Crippen LogP contribution is -2.32. The lowest BCUT2D eigenvalue weighted by molar-refractivity contribution is -0.138. The average molecular weight is 336 g/mol. The van der Waals surface area contributed by atoms with Crippen molar-refractivity contribution in [2.24, 2.45) is 0 Å². The molecule has 1 aliphatic heterocycles. The van der Waals surface area contributed by atoms with Crippen LogP contribution >= 0.6 is 0 Å². The Kier molecular flexibility index (Phi) is 6.55. The summed E-state index contributed by atoms with van der Waals surface area (Å²) < 4.78 is 28.0. The number of carbonyl (C=O) groups excluding carboxylic acids is 1. The predicted molar refractivity (Wildman–Crippen MR) is 88.6 cm³/mol. The Bertz CT molecular complexity index is 621. The maximum atomic E-state index is 12.2. The largest absolute Gasteiger partial charge is 0.467 e. The van der Waals surface area contributed by atoms with Crippen LogP contribution in [0.1, 0.15) is 19.4 Å². The maximum absolute atomic E-state index is 12.2.